The molecule has 0 aliphatic heterocycles. The van der Waals surface area contributed by atoms with Gasteiger partial charge in [0.15, 0.2) is 0 Å². The lowest BCUT2D eigenvalue weighted by Crippen LogP contribution is -2.16. The molecule has 0 saturated carbocycles. The monoisotopic (exact) mass is 265 g/mol. The average Bonchev–Trinajstić information content (AvgIpc) is 2.90. The number of rotatable bonds is 3. The number of nitrogens with two attached hydrogens (primary N) is 1. The molecule has 0 amide bonds. The summed E-state index contributed by atoms with van der Waals surface area (Å²) < 4.78 is 0. The molecule has 3 aromatic rings. The summed E-state index contributed by atoms with van der Waals surface area (Å²) in [5.41, 5.74) is 10.5. The molecule has 0 fully saturated rings. The highest BCUT2D eigenvalue weighted by Gasteiger charge is 2.12. The van der Waals surface area contributed by atoms with Gasteiger partial charge in [-0.05, 0) is 23.6 Å². The van der Waals surface area contributed by atoms with Crippen LogP contribution in [0.5, 0.6) is 0 Å². The SMILES string of the molecule is CC(C)C(N)c1ccc2nc(-c3ccccc3)[nH]c2c1. The lowest BCUT2D eigenvalue weighted by molar-refractivity contribution is 0.514. The van der Waals surface area contributed by atoms with Crippen LogP contribution in [-0.2, 0) is 0 Å². The van der Waals surface area contributed by atoms with Crippen LogP contribution in [0.4, 0.5) is 0 Å². The van der Waals surface area contributed by atoms with Crippen LogP contribution in [0, 0.1) is 5.92 Å². The second-order valence-electron chi connectivity index (χ2n) is 5.50. The minimum absolute atomic E-state index is 0.0582. The Balaban J connectivity index is 2.04. The predicted octanol–water partition coefficient (Wildman–Crippen LogP) is 3.89. The summed E-state index contributed by atoms with van der Waals surface area (Å²) in [5.74, 6) is 1.32. The molecule has 20 heavy (non-hydrogen) atoms. The maximum Gasteiger partial charge on any atom is 0.138 e. The Kier molecular flexibility index (Phi) is 3.28. The molecule has 0 bridgehead atoms. The number of hydrogen-bond acceptors (Lipinski definition) is 2. The van der Waals surface area contributed by atoms with Crippen molar-refractivity contribution in [2.24, 2.45) is 11.7 Å². The van der Waals surface area contributed by atoms with Crippen LogP contribution in [0.1, 0.15) is 25.5 Å². The van der Waals surface area contributed by atoms with Crippen LogP contribution in [0.3, 0.4) is 0 Å². The van der Waals surface area contributed by atoms with Crippen LogP contribution in [0.2, 0.25) is 0 Å². The van der Waals surface area contributed by atoms with Crippen molar-refractivity contribution in [2.75, 3.05) is 0 Å². The van der Waals surface area contributed by atoms with Gasteiger partial charge in [0.2, 0.25) is 0 Å². The van der Waals surface area contributed by atoms with Crippen molar-refractivity contribution in [1.29, 1.82) is 0 Å². The van der Waals surface area contributed by atoms with E-state index in [1.807, 2.05) is 24.3 Å². The molecule has 3 rings (SSSR count). The molecule has 3 nitrogen and oxygen atoms in total. The van der Waals surface area contributed by atoms with Gasteiger partial charge in [0.05, 0.1) is 11.0 Å². The van der Waals surface area contributed by atoms with Gasteiger partial charge in [-0.15, -0.1) is 0 Å². The van der Waals surface area contributed by atoms with E-state index in [1.165, 1.54) is 0 Å². The predicted molar refractivity (Wildman–Crippen MR) is 83.3 cm³/mol. The van der Waals surface area contributed by atoms with E-state index in [9.17, 15) is 0 Å². The van der Waals surface area contributed by atoms with Crippen LogP contribution < -0.4 is 5.73 Å². The van der Waals surface area contributed by atoms with Crippen LogP contribution in [0.25, 0.3) is 22.4 Å². The Morgan fingerprint density at radius 2 is 1.80 bits per heavy atom. The van der Waals surface area contributed by atoms with Crippen molar-refractivity contribution < 1.29 is 0 Å². The van der Waals surface area contributed by atoms with Gasteiger partial charge in [-0.1, -0.05) is 50.2 Å². The van der Waals surface area contributed by atoms with Crippen molar-refractivity contribution in [3.05, 3.63) is 54.1 Å². The average molecular weight is 265 g/mol. The van der Waals surface area contributed by atoms with Gasteiger partial charge in [-0.3, -0.25) is 0 Å². The summed E-state index contributed by atoms with van der Waals surface area (Å²) in [4.78, 5) is 8.01. The number of hydrogen-bond donors (Lipinski definition) is 2. The summed E-state index contributed by atoms with van der Waals surface area (Å²) >= 11 is 0. The molecule has 2 aromatic carbocycles. The molecule has 0 spiro atoms. The van der Waals surface area contributed by atoms with Crippen molar-refractivity contribution in [2.45, 2.75) is 19.9 Å². The lowest BCUT2D eigenvalue weighted by Gasteiger charge is -2.15. The molecule has 1 heterocycles. The molecule has 1 atom stereocenters. The number of aromatic nitrogens is 2. The minimum Gasteiger partial charge on any atom is -0.338 e. The third-order valence-electron chi connectivity index (χ3n) is 3.66. The van der Waals surface area contributed by atoms with E-state index < -0.39 is 0 Å². The number of benzene rings is 2. The molecule has 3 heteroatoms. The number of fused-ring (bicyclic) bond motifs is 1. The lowest BCUT2D eigenvalue weighted by atomic mass is 9.97. The van der Waals surface area contributed by atoms with Crippen LogP contribution >= 0.6 is 0 Å². The van der Waals surface area contributed by atoms with E-state index in [-0.39, 0.29) is 6.04 Å². The molecule has 3 N–H and O–H groups in total. The van der Waals surface area contributed by atoms with Gasteiger partial charge in [0, 0.05) is 11.6 Å². The summed E-state index contributed by atoms with van der Waals surface area (Å²) in [7, 11) is 0. The highest BCUT2D eigenvalue weighted by Crippen LogP contribution is 2.25. The van der Waals surface area contributed by atoms with E-state index in [1.54, 1.807) is 0 Å². The van der Waals surface area contributed by atoms with Crippen LogP contribution in [-0.4, -0.2) is 9.97 Å². The Bertz CT molecular complexity index is 713. The molecule has 0 radical (unpaired) electrons. The second kappa shape index (κ2) is 5.10. The Labute approximate surface area is 118 Å². The van der Waals surface area contributed by atoms with Gasteiger partial charge in [0.1, 0.15) is 5.82 Å². The number of H-pyrrole nitrogens is 1. The molecular weight excluding hydrogens is 246 g/mol. The number of imidazole rings is 1. The van der Waals surface area contributed by atoms with Crippen molar-refractivity contribution in [1.82, 2.24) is 9.97 Å². The molecule has 0 aliphatic carbocycles. The van der Waals surface area contributed by atoms with Gasteiger partial charge in [-0.2, -0.15) is 0 Å². The zero-order chi connectivity index (χ0) is 14.1. The van der Waals surface area contributed by atoms with E-state index in [2.05, 4.69) is 48.1 Å². The standard InChI is InChI=1S/C17H19N3/c1-11(2)16(18)13-8-9-14-15(10-13)20-17(19-14)12-6-4-3-5-7-12/h3-11,16H,18H2,1-2H3,(H,19,20). The first kappa shape index (κ1) is 12.9. The highest BCUT2D eigenvalue weighted by atomic mass is 14.9. The van der Waals surface area contributed by atoms with Crippen molar-refractivity contribution >= 4 is 11.0 Å². The summed E-state index contributed by atoms with van der Waals surface area (Å²) in [5, 5.41) is 0. The second-order valence-corrected chi connectivity index (χ2v) is 5.50. The van der Waals surface area contributed by atoms with E-state index in [0.29, 0.717) is 5.92 Å². The molecule has 1 unspecified atom stereocenters. The molecule has 0 aliphatic rings. The molecule has 1 aromatic heterocycles. The maximum absolute atomic E-state index is 6.21. The highest BCUT2D eigenvalue weighted by molar-refractivity contribution is 5.80. The normalized spacial score (nSPS) is 13.0. The maximum atomic E-state index is 6.21. The first-order valence-corrected chi connectivity index (χ1v) is 6.96. The number of nitrogens with one attached hydrogen (secondary N) is 1. The third-order valence-corrected chi connectivity index (χ3v) is 3.66. The van der Waals surface area contributed by atoms with Gasteiger partial charge < -0.3 is 10.7 Å². The van der Waals surface area contributed by atoms with E-state index >= 15 is 0 Å². The molecule has 102 valence electrons. The Morgan fingerprint density at radius 1 is 1.05 bits per heavy atom. The smallest absolute Gasteiger partial charge is 0.138 e. The zero-order valence-electron chi connectivity index (χ0n) is 11.8. The topological polar surface area (TPSA) is 54.7 Å². The first-order chi connectivity index (χ1) is 9.65. The first-order valence-electron chi connectivity index (χ1n) is 6.96. The molecular formula is C17H19N3. The van der Waals surface area contributed by atoms with Crippen molar-refractivity contribution in [3.63, 3.8) is 0 Å². The molecule has 0 saturated heterocycles. The Morgan fingerprint density at radius 3 is 2.50 bits per heavy atom. The Hall–Kier alpha value is -2.13. The summed E-state index contributed by atoms with van der Waals surface area (Å²) in [6, 6.07) is 16.4. The number of nitrogens with zero attached hydrogens (tertiary/aromatic N) is 1. The number of aromatic amines is 1. The largest absolute Gasteiger partial charge is 0.338 e. The van der Waals surface area contributed by atoms with Gasteiger partial charge in [-0.25, -0.2) is 4.98 Å². The minimum atomic E-state index is 0.0582. The third kappa shape index (κ3) is 2.32. The fraction of sp³-hybridized carbons (Fsp3) is 0.235. The quantitative estimate of drug-likeness (QED) is 0.755. The zero-order valence-corrected chi connectivity index (χ0v) is 11.8. The van der Waals surface area contributed by atoms with Crippen molar-refractivity contribution in [3.8, 4) is 11.4 Å². The van der Waals surface area contributed by atoms with Gasteiger partial charge in [0.25, 0.3) is 0 Å². The van der Waals surface area contributed by atoms with E-state index in [4.69, 9.17) is 5.73 Å². The van der Waals surface area contributed by atoms with E-state index in [0.717, 1.165) is 28.0 Å². The van der Waals surface area contributed by atoms with Crippen LogP contribution in [0.15, 0.2) is 48.5 Å². The fourth-order valence-corrected chi connectivity index (χ4v) is 2.35. The summed E-state index contributed by atoms with van der Waals surface area (Å²) in [6.45, 7) is 4.27. The fourth-order valence-electron chi connectivity index (χ4n) is 2.35. The summed E-state index contributed by atoms with van der Waals surface area (Å²) in [6.07, 6.45) is 0. The van der Waals surface area contributed by atoms with Gasteiger partial charge >= 0.3 is 0 Å².